The van der Waals surface area contributed by atoms with Crippen LogP contribution in [0.25, 0.3) is 0 Å². The van der Waals surface area contributed by atoms with Crippen LogP contribution < -0.4 is 0 Å². The van der Waals surface area contributed by atoms with Gasteiger partial charge >= 0.3 is 5.97 Å². The molecule has 0 aliphatic heterocycles. The van der Waals surface area contributed by atoms with Gasteiger partial charge in [0.1, 0.15) is 5.60 Å². The molecule has 0 heterocycles. The molecular formula is C16H30O2. The molecule has 0 aliphatic rings. The van der Waals surface area contributed by atoms with Gasteiger partial charge in [-0.15, -0.1) is 0 Å². The normalized spacial score (nSPS) is 13.2. The van der Waals surface area contributed by atoms with E-state index in [1.165, 1.54) is 25.7 Å². The van der Waals surface area contributed by atoms with Crippen LogP contribution in [0.5, 0.6) is 0 Å². The van der Waals surface area contributed by atoms with Gasteiger partial charge in [0.05, 0.1) is 0 Å². The highest BCUT2D eigenvalue weighted by Crippen LogP contribution is 2.17. The van der Waals surface area contributed by atoms with Crippen LogP contribution in [0.15, 0.2) is 12.2 Å². The number of hydrogen-bond donors (Lipinski definition) is 0. The zero-order valence-corrected chi connectivity index (χ0v) is 12.8. The van der Waals surface area contributed by atoms with Crippen LogP contribution in [0.3, 0.4) is 0 Å². The summed E-state index contributed by atoms with van der Waals surface area (Å²) in [7, 11) is 0. The molecule has 0 bridgehead atoms. The van der Waals surface area contributed by atoms with Crippen LogP contribution in [0.2, 0.25) is 0 Å². The second kappa shape index (κ2) is 8.34. The zero-order chi connectivity index (χ0) is 14.2. The average molecular weight is 254 g/mol. The predicted molar refractivity (Wildman–Crippen MR) is 77.5 cm³/mol. The number of hydrogen-bond acceptors (Lipinski definition) is 2. The summed E-state index contributed by atoms with van der Waals surface area (Å²) in [6.45, 7) is 14.0. The van der Waals surface area contributed by atoms with Crippen LogP contribution in [0.1, 0.15) is 73.1 Å². The van der Waals surface area contributed by atoms with E-state index in [9.17, 15) is 4.79 Å². The summed E-state index contributed by atoms with van der Waals surface area (Å²) < 4.78 is 5.27. The van der Waals surface area contributed by atoms with Gasteiger partial charge in [0.15, 0.2) is 0 Å². The SMILES string of the molecule is C=C(CCCCCC(C)CC)C(=O)OC(C)(C)C. The highest BCUT2D eigenvalue weighted by molar-refractivity contribution is 5.87. The number of ether oxygens (including phenoxy) is 1. The van der Waals surface area contributed by atoms with Crippen LogP contribution in [0, 0.1) is 5.92 Å². The third kappa shape index (κ3) is 9.26. The molecule has 106 valence electrons. The van der Waals surface area contributed by atoms with Gasteiger partial charge in [0.25, 0.3) is 0 Å². The number of carbonyl (C=O) groups is 1. The molecule has 0 aromatic rings. The minimum absolute atomic E-state index is 0.246. The Balaban J connectivity index is 3.68. The van der Waals surface area contributed by atoms with Crippen molar-refractivity contribution in [1.29, 1.82) is 0 Å². The molecule has 0 spiro atoms. The van der Waals surface area contributed by atoms with E-state index in [4.69, 9.17) is 4.74 Å². The summed E-state index contributed by atoms with van der Waals surface area (Å²) in [5.74, 6) is 0.573. The highest BCUT2D eigenvalue weighted by atomic mass is 16.6. The van der Waals surface area contributed by atoms with Crippen molar-refractivity contribution in [3.8, 4) is 0 Å². The smallest absolute Gasteiger partial charge is 0.333 e. The van der Waals surface area contributed by atoms with Crippen molar-refractivity contribution in [2.75, 3.05) is 0 Å². The number of carbonyl (C=O) groups excluding carboxylic acids is 1. The monoisotopic (exact) mass is 254 g/mol. The molecule has 0 saturated carbocycles. The van der Waals surface area contributed by atoms with E-state index in [0.29, 0.717) is 5.57 Å². The first-order chi connectivity index (χ1) is 8.26. The van der Waals surface area contributed by atoms with Crippen molar-refractivity contribution < 1.29 is 9.53 Å². The molecule has 2 nitrogen and oxygen atoms in total. The Labute approximate surface area is 113 Å². The van der Waals surface area contributed by atoms with Crippen molar-refractivity contribution in [2.24, 2.45) is 5.92 Å². The van der Waals surface area contributed by atoms with Gasteiger partial charge in [0.2, 0.25) is 0 Å². The zero-order valence-electron chi connectivity index (χ0n) is 12.8. The molecule has 1 unspecified atom stereocenters. The molecule has 1 atom stereocenters. The van der Waals surface area contributed by atoms with Crippen LogP contribution in [-0.4, -0.2) is 11.6 Å². The minimum Gasteiger partial charge on any atom is -0.457 e. The second-order valence-electron chi connectivity index (χ2n) is 6.22. The molecule has 2 heteroatoms. The predicted octanol–water partition coefficient (Wildman–Crippen LogP) is 4.88. The standard InChI is InChI=1S/C16H30O2/c1-7-13(2)11-9-8-10-12-14(3)15(17)18-16(4,5)6/h13H,3,7-12H2,1-2,4-6H3. The van der Waals surface area contributed by atoms with E-state index in [1.807, 2.05) is 20.8 Å². The summed E-state index contributed by atoms with van der Waals surface area (Å²) in [5, 5.41) is 0. The first kappa shape index (κ1) is 17.2. The van der Waals surface area contributed by atoms with Crippen molar-refractivity contribution in [2.45, 2.75) is 78.7 Å². The fraction of sp³-hybridized carbons (Fsp3) is 0.812. The summed E-state index contributed by atoms with van der Waals surface area (Å²) >= 11 is 0. The average Bonchev–Trinajstić information content (AvgIpc) is 2.25. The first-order valence-electron chi connectivity index (χ1n) is 7.17. The summed E-state index contributed by atoms with van der Waals surface area (Å²) in [4.78, 5) is 11.7. The van der Waals surface area contributed by atoms with Gasteiger partial charge in [-0.1, -0.05) is 46.1 Å². The quantitative estimate of drug-likeness (QED) is 0.350. The number of rotatable bonds is 8. The number of esters is 1. The molecule has 0 fully saturated rings. The molecule has 0 saturated heterocycles. The Morgan fingerprint density at radius 3 is 2.33 bits per heavy atom. The van der Waals surface area contributed by atoms with E-state index >= 15 is 0 Å². The largest absolute Gasteiger partial charge is 0.457 e. The molecule has 0 aliphatic carbocycles. The van der Waals surface area contributed by atoms with E-state index in [1.54, 1.807) is 0 Å². The fourth-order valence-corrected chi connectivity index (χ4v) is 1.66. The summed E-state index contributed by atoms with van der Waals surface area (Å²) in [5.41, 5.74) is 0.185. The molecule has 0 aromatic carbocycles. The number of unbranched alkanes of at least 4 members (excludes halogenated alkanes) is 2. The molecule has 0 radical (unpaired) electrons. The lowest BCUT2D eigenvalue weighted by Gasteiger charge is -2.20. The molecule has 0 N–H and O–H groups in total. The van der Waals surface area contributed by atoms with Crippen LogP contribution in [-0.2, 0) is 9.53 Å². The maximum Gasteiger partial charge on any atom is 0.333 e. The molecule has 18 heavy (non-hydrogen) atoms. The van der Waals surface area contributed by atoms with E-state index in [-0.39, 0.29) is 5.97 Å². The Kier molecular flexibility index (Phi) is 7.97. The van der Waals surface area contributed by atoms with Gasteiger partial charge in [0, 0.05) is 5.57 Å². The first-order valence-corrected chi connectivity index (χ1v) is 7.17. The molecule has 0 aromatic heterocycles. The summed E-state index contributed by atoms with van der Waals surface area (Å²) in [6, 6.07) is 0. The molecular weight excluding hydrogens is 224 g/mol. The van der Waals surface area contributed by atoms with Crippen molar-refractivity contribution >= 4 is 5.97 Å². The van der Waals surface area contributed by atoms with Gasteiger partial charge in [-0.2, -0.15) is 0 Å². The Morgan fingerprint density at radius 1 is 1.22 bits per heavy atom. The third-order valence-electron chi connectivity index (χ3n) is 3.06. The highest BCUT2D eigenvalue weighted by Gasteiger charge is 2.18. The summed E-state index contributed by atoms with van der Waals surface area (Å²) in [6.07, 6.45) is 6.76. The maximum atomic E-state index is 11.7. The van der Waals surface area contributed by atoms with Gasteiger partial charge in [-0.25, -0.2) is 4.79 Å². The maximum absolute atomic E-state index is 11.7. The molecule has 0 amide bonds. The minimum atomic E-state index is -0.420. The van der Waals surface area contributed by atoms with Crippen molar-refractivity contribution in [3.63, 3.8) is 0 Å². The Morgan fingerprint density at radius 2 is 1.83 bits per heavy atom. The second-order valence-corrected chi connectivity index (χ2v) is 6.22. The van der Waals surface area contributed by atoms with Crippen molar-refractivity contribution in [1.82, 2.24) is 0 Å². The lowest BCUT2D eigenvalue weighted by molar-refractivity contribution is -0.150. The third-order valence-corrected chi connectivity index (χ3v) is 3.06. The topological polar surface area (TPSA) is 26.3 Å². The van der Waals surface area contributed by atoms with E-state index in [0.717, 1.165) is 18.8 Å². The van der Waals surface area contributed by atoms with Crippen LogP contribution in [0.4, 0.5) is 0 Å². The lowest BCUT2D eigenvalue weighted by Crippen LogP contribution is -2.24. The van der Waals surface area contributed by atoms with E-state index in [2.05, 4.69) is 20.4 Å². The van der Waals surface area contributed by atoms with Gasteiger partial charge < -0.3 is 4.74 Å². The van der Waals surface area contributed by atoms with Gasteiger partial charge in [-0.3, -0.25) is 0 Å². The molecule has 0 rings (SSSR count). The van der Waals surface area contributed by atoms with Crippen LogP contribution >= 0.6 is 0 Å². The Hall–Kier alpha value is -0.790. The lowest BCUT2D eigenvalue weighted by atomic mass is 9.99. The fourth-order valence-electron chi connectivity index (χ4n) is 1.66. The van der Waals surface area contributed by atoms with Gasteiger partial charge in [-0.05, 0) is 39.5 Å². The van der Waals surface area contributed by atoms with Crippen molar-refractivity contribution in [3.05, 3.63) is 12.2 Å². The van der Waals surface area contributed by atoms with E-state index < -0.39 is 5.60 Å². The Bertz CT molecular complexity index is 261.